The molecule has 3 aliphatic rings. The Kier molecular flexibility index (Phi) is 8.72. The van der Waals surface area contributed by atoms with Crippen molar-refractivity contribution >= 4 is 23.6 Å². The molecular weight excluding hydrogens is 568 g/mol. The smallest absolute Gasteiger partial charge is 0.410 e. The number of fused-ring (bicyclic) bond motifs is 1. The van der Waals surface area contributed by atoms with E-state index >= 15 is 0 Å². The number of amides is 3. The average molecular weight is 612 g/mol. The molecule has 4 heterocycles. The van der Waals surface area contributed by atoms with Crippen LogP contribution in [0.3, 0.4) is 0 Å². The second kappa shape index (κ2) is 12.1. The first-order valence-corrected chi connectivity index (χ1v) is 15.4. The summed E-state index contributed by atoms with van der Waals surface area (Å²) in [5.74, 6) is -1.28. The lowest BCUT2D eigenvalue weighted by Crippen LogP contribution is -2.63. The van der Waals surface area contributed by atoms with Crippen LogP contribution in [0.1, 0.15) is 71.2 Å². The van der Waals surface area contributed by atoms with Gasteiger partial charge in [0.25, 0.3) is 0 Å². The highest BCUT2D eigenvalue weighted by molar-refractivity contribution is 5.97. The summed E-state index contributed by atoms with van der Waals surface area (Å²) in [6, 6.07) is 4.88. The number of hydrogen-bond acceptors (Lipinski definition) is 6. The summed E-state index contributed by atoms with van der Waals surface area (Å²) in [6.07, 6.45) is 2.83. The van der Waals surface area contributed by atoms with Crippen LogP contribution in [0.15, 0.2) is 30.5 Å². The van der Waals surface area contributed by atoms with Crippen molar-refractivity contribution in [2.75, 3.05) is 44.2 Å². The number of likely N-dealkylation sites (tertiary alicyclic amines) is 1. The maximum Gasteiger partial charge on any atom is 0.410 e. The van der Waals surface area contributed by atoms with Gasteiger partial charge in [0, 0.05) is 86.6 Å². The van der Waals surface area contributed by atoms with Crippen LogP contribution in [0.25, 0.3) is 0 Å². The molecule has 5 rings (SSSR count). The number of ether oxygens (including phenoxy) is 1. The van der Waals surface area contributed by atoms with Crippen molar-refractivity contribution in [2.45, 2.75) is 83.9 Å². The van der Waals surface area contributed by atoms with E-state index in [0.29, 0.717) is 50.4 Å². The minimum atomic E-state index is -0.642. The summed E-state index contributed by atoms with van der Waals surface area (Å²) in [5, 5.41) is 0. The number of benzene rings is 1. The lowest BCUT2D eigenvalue weighted by molar-refractivity contribution is -0.129. The van der Waals surface area contributed by atoms with Crippen molar-refractivity contribution in [2.24, 2.45) is 0 Å². The lowest BCUT2D eigenvalue weighted by atomic mass is 9.88. The van der Waals surface area contributed by atoms with Gasteiger partial charge >= 0.3 is 6.09 Å². The van der Waals surface area contributed by atoms with Crippen LogP contribution in [0.5, 0.6) is 0 Å². The summed E-state index contributed by atoms with van der Waals surface area (Å²) in [4.78, 5) is 51.6. The molecule has 0 unspecified atom stereocenters. The van der Waals surface area contributed by atoms with Gasteiger partial charge in [0.15, 0.2) is 0 Å². The molecule has 9 nitrogen and oxygen atoms in total. The molecule has 238 valence electrons. The highest BCUT2D eigenvalue weighted by Gasteiger charge is 2.42. The standard InChI is InChI=1S/C33H43F2N5O4/c1-21-16-38(25(17-37-11-7-8-29(37)41)18-39(21)31(43)44-32(2,3)4)19-30(42)40-20-33(5,6)26-15-36-24(14-28(26)40)12-22-9-10-23(34)13-27(22)35/h9-10,13-15,21,25H,7-8,11-12,16-20H2,1-6H3/t21-,25+/m1/s1. The molecule has 2 fully saturated rings. The Balaban J connectivity index is 1.37. The Morgan fingerprint density at radius 1 is 1.14 bits per heavy atom. The molecule has 44 heavy (non-hydrogen) atoms. The van der Waals surface area contributed by atoms with Gasteiger partial charge < -0.3 is 19.4 Å². The molecule has 1 aromatic heterocycles. The lowest BCUT2D eigenvalue weighted by Gasteiger charge is -2.46. The third-order valence-corrected chi connectivity index (χ3v) is 8.72. The van der Waals surface area contributed by atoms with Gasteiger partial charge in [-0.3, -0.25) is 19.5 Å². The van der Waals surface area contributed by atoms with E-state index in [4.69, 9.17) is 4.74 Å². The van der Waals surface area contributed by atoms with E-state index in [2.05, 4.69) is 23.7 Å². The second-order valence-electron chi connectivity index (χ2n) is 14.0. The molecule has 0 bridgehead atoms. The summed E-state index contributed by atoms with van der Waals surface area (Å²) < 4.78 is 33.5. The molecule has 0 saturated carbocycles. The molecule has 11 heteroatoms. The van der Waals surface area contributed by atoms with E-state index in [9.17, 15) is 23.2 Å². The van der Waals surface area contributed by atoms with E-state index in [1.54, 1.807) is 16.0 Å². The molecule has 2 aromatic rings. The van der Waals surface area contributed by atoms with Gasteiger partial charge in [-0.05, 0) is 51.8 Å². The first-order valence-electron chi connectivity index (χ1n) is 15.4. The first kappa shape index (κ1) is 31.8. The zero-order chi connectivity index (χ0) is 32.0. The third kappa shape index (κ3) is 6.87. The number of rotatable bonds is 6. The van der Waals surface area contributed by atoms with Crippen LogP contribution >= 0.6 is 0 Å². The van der Waals surface area contributed by atoms with E-state index in [1.165, 1.54) is 12.1 Å². The molecule has 2 atom stereocenters. The number of carbonyl (C=O) groups excluding carboxylic acids is 3. The molecule has 3 aliphatic heterocycles. The number of anilines is 1. The minimum Gasteiger partial charge on any atom is -0.444 e. The SMILES string of the molecule is C[C@@H]1CN(CC(=O)N2CC(C)(C)c3cnc(Cc4ccc(F)cc4F)cc32)[C@@H](CN2CCCC2=O)CN1C(=O)OC(C)(C)C. The molecule has 0 aliphatic carbocycles. The molecular formula is C33H43F2N5O4. The Bertz CT molecular complexity index is 1440. The van der Waals surface area contributed by atoms with Crippen LogP contribution < -0.4 is 4.90 Å². The van der Waals surface area contributed by atoms with Gasteiger partial charge in [-0.1, -0.05) is 19.9 Å². The Labute approximate surface area is 258 Å². The Morgan fingerprint density at radius 3 is 2.55 bits per heavy atom. The monoisotopic (exact) mass is 611 g/mol. The van der Waals surface area contributed by atoms with Crippen LogP contribution in [0.2, 0.25) is 0 Å². The second-order valence-corrected chi connectivity index (χ2v) is 14.0. The predicted octanol–water partition coefficient (Wildman–Crippen LogP) is 4.51. The molecule has 2 saturated heterocycles. The summed E-state index contributed by atoms with van der Waals surface area (Å²) >= 11 is 0. The number of halogens is 2. The van der Waals surface area contributed by atoms with Crippen LogP contribution in [0.4, 0.5) is 19.3 Å². The van der Waals surface area contributed by atoms with Crippen molar-refractivity contribution in [1.29, 1.82) is 0 Å². The molecule has 0 radical (unpaired) electrons. The van der Waals surface area contributed by atoms with Gasteiger partial charge in [-0.2, -0.15) is 0 Å². The summed E-state index contributed by atoms with van der Waals surface area (Å²) in [5.41, 5.74) is 1.58. The van der Waals surface area contributed by atoms with Gasteiger partial charge in [-0.15, -0.1) is 0 Å². The third-order valence-electron chi connectivity index (χ3n) is 8.72. The maximum atomic E-state index is 14.4. The zero-order valence-corrected chi connectivity index (χ0v) is 26.5. The van der Waals surface area contributed by atoms with Crippen molar-refractivity contribution < 1.29 is 27.9 Å². The number of aromatic nitrogens is 1. The summed E-state index contributed by atoms with van der Waals surface area (Å²) in [6.45, 7) is 14.0. The van der Waals surface area contributed by atoms with E-state index in [0.717, 1.165) is 23.7 Å². The van der Waals surface area contributed by atoms with Crippen molar-refractivity contribution in [3.63, 3.8) is 0 Å². The topological polar surface area (TPSA) is 86.3 Å². The number of nitrogens with zero attached hydrogens (tertiary/aromatic N) is 5. The highest BCUT2D eigenvalue weighted by Crippen LogP contribution is 2.41. The van der Waals surface area contributed by atoms with Crippen LogP contribution in [-0.2, 0) is 26.2 Å². The van der Waals surface area contributed by atoms with Crippen molar-refractivity contribution in [3.8, 4) is 0 Å². The van der Waals surface area contributed by atoms with Crippen molar-refractivity contribution in [1.82, 2.24) is 19.7 Å². The number of carbonyl (C=O) groups is 3. The van der Waals surface area contributed by atoms with E-state index in [1.807, 2.05) is 38.7 Å². The highest BCUT2D eigenvalue weighted by atomic mass is 19.1. The van der Waals surface area contributed by atoms with Crippen LogP contribution in [0, 0.1) is 11.6 Å². The molecule has 0 spiro atoms. The average Bonchev–Trinajstić information content (AvgIpc) is 3.44. The van der Waals surface area contributed by atoms with Crippen LogP contribution in [-0.4, -0.2) is 94.5 Å². The molecule has 3 amide bonds. The maximum absolute atomic E-state index is 14.4. The number of piperazine rings is 1. The Morgan fingerprint density at radius 2 is 1.89 bits per heavy atom. The Hall–Kier alpha value is -3.60. The van der Waals surface area contributed by atoms with Crippen molar-refractivity contribution in [3.05, 3.63) is 58.9 Å². The van der Waals surface area contributed by atoms with Gasteiger partial charge in [0.2, 0.25) is 11.8 Å². The molecule has 1 aromatic carbocycles. The predicted molar refractivity (Wildman–Crippen MR) is 162 cm³/mol. The molecule has 0 N–H and O–H groups in total. The van der Waals surface area contributed by atoms with Gasteiger partial charge in [0.1, 0.15) is 17.2 Å². The number of hydrogen-bond donors (Lipinski definition) is 0. The first-order chi connectivity index (χ1) is 20.6. The number of pyridine rings is 1. The minimum absolute atomic E-state index is 0.0894. The fraction of sp³-hybridized carbons (Fsp3) is 0.576. The fourth-order valence-electron chi connectivity index (χ4n) is 6.44. The van der Waals surface area contributed by atoms with E-state index < -0.39 is 23.3 Å². The normalized spacial score (nSPS) is 22.0. The largest absolute Gasteiger partial charge is 0.444 e. The van der Waals surface area contributed by atoms with Gasteiger partial charge in [-0.25, -0.2) is 13.6 Å². The zero-order valence-electron chi connectivity index (χ0n) is 26.5. The quantitative estimate of drug-likeness (QED) is 0.478. The van der Waals surface area contributed by atoms with Gasteiger partial charge in [0.05, 0.1) is 12.2 Å². The fourth-order valence-corrected chi connectivity index (χ4v) is 6.44. The van der Waals surface area contributed by atoms with E-state index in [-0.39, 0.29) is 42.3 Å². The summed E-state index contributed by atoms with van der Waals surface area (Å²) in [7, 11) is 0.